The van der Waals surface area contributed by atoms with Crippen LogP contribution in [0.5, 0.6) is 5.75 Å². The van der Waals surface area contributed by atoms with Crippen molar-refractivity contribution in [2.24, 2.45) is 0 Å². The highest BCUT2D eigenvalue weighted by Gasteiger charge is 2.27. The molecule has 0 unspecified atom stereocenters. The van der Waals surface area contributed by atoms with Gasteiger partial charge in [0.15, 0.2) is 0 Å². The van der Waals surface area contributed by atoms with Crippen molar-refractivity contribution in [3.05, 3.63) is 41.2 Å². The zero-order valence-electron chi connectivity index (χ0n) is 18.4. The highest BCUT2D eigenvalue weighted by Crippen LogP contribution is 2.34. The molecule has 2 aromatic rings. The van der Waals surface area contributed by atoms with Gasteiger partial charge in [0.2, 0.25) is 5.91 Å². The average Bonchev–Trinajstić information content (AvgIpc) is 3.03. The van der Waals surface area contributed by atoms with Crippen molar-refractivity contribution in [2.75, 3.05) is 39.2 Å². The van der Waals surface area contributed by atoms with E-state index in [4.69, 9.17) is 4.74 Å². The third-order valence-corrected chi connectivity index (χ3v) is 5.36. The predicted octanol–water partition coefficient (Wildman–Crippen LogP) is 2.00. The molecule has 2 heterocycles. The van der Waals surface area contributed by atoms with Crippen molar-refractivity contribution >= 4 is 17.5 Å². The number of aryl methyl sites for hydroxylation is 3. The zero-order valence-corrected chi connectivity index (χ0v) is 18.4. The molecule has 3 rings (SSSR count). The Bertz CT molecular complexity index is 921. The van der Waals surface area contributed by atoms with E-state index < -0.39 is 0 Å². The minimum atomic E-state index is -0.0850. The predicted molar refractivity (Wildman–Crippen MR) is 116 cm³/mol. The van der Waals surface area contributed by atoms with Gasteiger partial charge in [-0.05, 0) is 44.5 Å². The average molecular weight is 414 g/mol. The monoisotopic (exact) mass is 413 g/mol. The smallest absolute Gasteiger partial charge is 0.253 e. The van der Waals surface area contributed by atoms with E-state index >= 15 is 0 Å². The number of anilines is 1. The lowest BCUT2D eigenvalue weighted by Gasteiger charge is -2.35. The van der Waals surface area contributed by atoms with E-state index in [1.807, 2.05) is 48.7 Å². The normalized spacial score (nSPS) is 15.4. The van der Waals surface area contributed by atoms with Crippen molar-refractivity contribution in [2.45, 2.75) is 39.3 Å². The third-order valence-electron chi connectivity index (χ3n) is 5.36. The van der Waals surface area contributed by atoms with Crippen LogP contribution in [0.15, 0.2) is 24.3 Å². The highest BCUT2D eigenvalue weighted by molar-refractivity contribution is 5.95. The van der Waals surface area contributed by atoms with Crippen LogP contribution in [0.1, 0.15) is 34.6 Å². The molecule has 0 saturated heterocycles. The standard InChI is InChI=1S/C22H31N5O3/c1-15-11-16(2)27(24-15)10-6-9-23-21(28)13-18-14-30-20-8-7-17(22(29)25(3)4)12-19(20)26(18)5/h7-8,11-12,18H,6,9-10,13-14H2,1-5H3,(H,23,28)/t18-/m1/s1. The maximum Gasteiger partial charge on any atom is 0.253 e. The summed E-state index contributed by atoms with van der Waals surface area (Å²) in [4.78, 5) is 28.3. The molecule has 1 aromatic heterocycles. The Balaban J connectivity index is 1.52. The molecule has 0 spiro atoms. The molecule has 162 valence electrons. The van der Waals surface area contributed by atoms with Crippen LogP contribution in [0, 0.1) is 13.8 Å². The van der Waals surface area contributed by atoms with E-state index in [0.717, 1.165) is 35.8 Å². The molecule has 1 N–H and O–H groups in total. The number of likely N-dealkylation sites (N-methyl/N-ethyl adjacent to an activating group) is 1. The van der Waals surface area contributed by atoms with Crippen molar-refractivity contribution in [1.29, 1.82) is 0 Å². The number of benzene rings is 1. The number of fused-ring (bicyclic) bond motifs is 1. The fourth-order valence-electron chi connectivity index (χ4n) is 3.64. The van der Waals surface area contributed by atoms with Crippen LogP contribution in [0.25, 0.3) is 0 Å². The summed E-state index contributed by atoms with van der Waals surface area (Å²) in [5.41, 5.74) is 3.57. The van der Waals surface area contributed by atoms with Crippen LogP contribution >= 0.6 is 0 Å². The molecule has 0 bridgehead atoms. The number of nitrogens with zero attached hydrogens (tertiary/aromatic N) is 4. The molecule has 1 aliphatic rings. The van der Waals surface area contributed by atoms with Crippen LogP contribution in [0.2, 0.25) is 0 Å². The number of hydrogen-bond acceptors (Lipinski definition) is 5. The quantitative estimate of drug-likeness (QED) is 0.703. The van der Waals surface area contributed by atoms with Crippen molar-refractivity contribution in [3.63, 3.8) is 0 Å². The second-order valence-corrected chi connectivity index (χ2v) is 8.02. The van der Waals surface area contributed by atoms with E-state index in [-0.39, 0.29) is 17.9 Å². The molecule has 0 fully saturated rings. The Labute approximate surface area is 177 Å². The van der Waals surface area contributed by atoms with Crippen LogP contribution in [-0.4, -0.2) is 66.8 Å². The van der Waals surface area contributed by atoms with Crippen LogP contribution in [0.4, 0.5) is 5.69 Å². The molecule has 0 saturated carbocycles. The maximum atomic E-state index is 12.4. The molecular formula is C22H31N5O3. The Hall–Kier alpha value is -3.03. The Morgan fingerprint density at radius 3 is 2.70 bits per heavy atom. The van der Waals surface area contributed by atoms with Gasteiger partial charge in [-0.3, -0.25) is 14.3 Å². The molecule has 1 atom stereocenters. The number of aromatic nitrogens is 2. The van der Waals surface area contributed by atoms with E-state index in [2.05, 4.69) is 10.4 Å². The molecule has 30 heavy (non-hydrogen) atoms. The van der Waals surface area contributed by atoms with Gasteiger partial charge in [-0.1, -0.05) is 0 Å². The summed E-state index contributed by atoms with van der Waals surface area (Å²) in [6, 6.07) is 7.38. The fraction of sp³-hybridized carbons (Fsp3) is 0.500. The van der Waals surface area contributed by atoms with Crippen LogP contribution in [0.3, 0.4) is 0 Å². The second-order valence-electron chi connectivity index (χ2n) is 8.02. The lowest BCUT2D eigenvalue weighted by Crippen LogP contribution is -2.44. The summed E-state index contributed by atoms with van der Waals surface area (Å²) in [6.45, 7) is 5.83. The van der Waals surface area contributed by atoms with E-state index in [1.165, 1.54) is 0 Å². The van der Waals surface area contributed by atoms with Gasteiger partial charge in [-0.2, -0.15) is 5.10 Å². The first-order valence-corrected chi connectivity index (χ1v) is 10.3. The zero-order chi connectivity index (χ0) is 21.8. The van der Waals surface area contributed by atoms with Gasteiger partial charge in [0, 0.05) is 45.5 Å². The number of ether oxygens (including phenoxy) is 1. The van der Waals surface area contributed by atoms with Gasteiger partial charge in [-0.15, -0.1) is 0 Å². The minimum absolute atomic E-state index is 0.00668. The van der Waals surface area contributed by atoms with Gasteiger partial charge < -0.3 is 19.9 Å². The minimum Gasteiger partial charge on any atom is -0.489 e. The van der Waals surface area contributed by atoms with Crippen LogP contribution in [-0.2, 0) is 11.3 Å². The summed E-state index contributed by atoms with van der Waals surface area (Å²) >= 11 is 0. The summed E-state index contributed by atoms with van der Waals surface area (Å²) in [6.07, 6.45) is 1.16. The molecule has 1 aliphatic heterocycles. The first-order valence-electron chi connectivity index (χ1n) is 10.3. The summed E-state index contributed by atoms with van der Waals surface area (Å²) in [5.74, 6) is 0.663. The largest absolute Gasteiger partial charge is 0.489 e. The van der Waals surface area contributed by atoms with Gasteiger partial charge in [0.1, 0.15) is 12.4 Å². The van der Waals surface area contributed by atoms with Crippen molar-refractivity contribution in [3.8, 4) is 5.75 Å². The first kappa shape index (κ1) is 21.7. The molecule has 8 nitrogen and oxygen atoms in total. The summed E-state index contributed by atoms with van der Waals surface area (Å²) in [7, 11) is 5.39. The van der Waals surface area contributed by atoms with Crippen molar-refractivity contribution in [1.82, 2.24) is 20.0 Å². The molecule has 0 radical (unpaired) electrons. The van der Waals surface area contributed by atoms with Gasteiger partial charge in [0.25, 0.3) is 5.91 Å². The Kier molecular flexibility index (Phi) is 6.64. The van der Waals surface area contributed by atoms with Crippen LogP contribution < -0.4 is 15.0 Å². The molecular weight excluding hydrogens is 382 g/mol. The molecule has 1 aromatic carbocycles. The van der Waals surface area contributed by atoms with Gasteiger partial charge in [0.05, 0.1) is 23.8 Å². The van der Waals surface area contributed by atoms with Gasteiger partial charge >= 0.3 is 0 Å². The third kappa shape index (κ3) is 4.93. The van der Waals surface area contributed by atoms with E-state index in [1.54, 1.807) is 25.1 Å². The number of hydrogen-bond donors (Lipinski definition) is 1. The number of rotatable bonds is 7. The number of carbonyl (C=O) groups is 2. The Morgan fingerprint density at radius 1 is 1.27 bits per heavy atom. The molecule has 8 heteroatoms. The topological polar surface area (TPSA) is 79.7 Å². The lowest BCUT2D eigenvalue weighted by molar-refractivity contribution is -0.121. The van der Waals surface area contributed by atoms with E-state index in [0.29, 0.717) is 25.1 Å². The number of carbonyl (C=O) groups excluding carboxylic acids is 2. The summed E-state index contributed by atoms with van der Waals surface area (Å²) < 4.78 is 7.81. The second kappa shape index (κ2) is 9.19. The highest BCUT2D eigenvalue weighted by atomic mass is 16.5. The first-order chi connectivity index (χ1) is 14.3. The Morgan fingerprint density at radius 2 is 2.03 bits per heavy atom. The number of nitrogens with one attached hydrogen (secondary N) is 1. The number of amides is 2. The fourth-order valence-corrected chi connectivity index (χ4v) is 3.64. The summed E-state index contributed by atoms with van der Waals surface area (Å²) in [5, 5.41) is 7.43. The van der Waals surface area contributed by atoms with E-state index in [9.17, 15) is 9.59 Å². The maximum absolute atomic E-state index is 12.4. The van der Waals surface area contributed by atoms with Crippen molar-refractivity contribution < 1.29 is 14.3 Å². The van der Waals surface area contributed by atoms with Gasteiger partial charge in [-0.25, -0.2) is 0 Å². The SMILES string of the molecule is Cc1cc(C)n(CCCNC(=O)C[C@@H]2COc3ccc(C(=O)N(C)C)cc3N2C)n1. The lowest BCUT2D eigenvalue weighted by atomic mass is 10.1. The molecule has 2 amide bonds. The molecule has 0 aliphatic carbocycles.